The highest BCUT2D eigenvalue weighted by Gasteiger charge is 2.35. The quantitative estimate of drug-likeness (QED) is 0.810. The van der Waals surface area contributed by atoms with Crippen LogP contribution in [0.3, 0.4) is 0 Å². The molecule has 0 unspecified atom stereocenters. The standard InChI is InChI=1S/C17H15BrN2O3/c18-14-3-1-2-4-15(14)20-10-11(9-16(20)22)17(23)19-12-5-7-13(21)8-6-12/h1-8,11,21H,9-10H2,(H,19,23)/t11-/m0/s1. The van der Waals surface area contributed by atoms with Gasteiger partial charge in [-0.25, -0.2) is 0 Å². The summed E-state index contributed by atoms with van der Waals surface area (Å²) >= 11 is 3.43. The second kappa shape index (κ2) is 6.42. The van der Waals surface area contributed by atoms with Crippen LogP contribution in [0.1, 0.15) is 6.42 Å². The van der Waals surface area contributed by atoms with Gasteiger partial charge in [-0.1, -0.05) is 12.1 Å². The summed E-state index contributed by atoms with van der Waals surface area (Å²) in [6.07, 6.45) is 0.186. The molecule has 0 aliphatic carbocycles. The van der Waals surface area contributed by atoms with Crippen LogP contribution in [0.4, 0.5) is 11.4 Å². The molecule has 1 atom stereocenters. The minimum Gasteiger partial charge on any atom is -0.508 e. The molecule has 1 heterocycles. The van der Waals surface area contributed by atoms with Crippen molar-refractivity contribution in [3.8, 4) is 5.75 Å². The summed E-state index contributed by atoms with van der Waals surface area (Å²) in [7, 11) is 0. The number of nitrogens with zero attached hydrogens (tertiary/aromatic N) is 1. The van der Waals surface area contributed by atoms with Gasteiger partial charge in [-0.2, -0.15) is 0 Å². The zero-order valence-corrected chi connectivity index (χ0v) is 13.8. The van der Waals surface area contributed by atoms with Crippen LogP contribution in [0, 0.1) is 5.92 Å². The molecule has 2 amide bonds. The normalized spacial score (nSPS) is 17.3. The van der Waals surface area contributed by atoms with E-state index in [1.807, 2.05) is 24.3 Å². The second-order valence-corrected chi connectivity index (χ2v) is 6.25. The summed E-state index contributed by atoms with van der Waals surface area (Å²) in [5.74, 6) is -0.524. The number of aromatic hydroxyl groups is 1. The van der Waals surface area contributed by atoms with Crippen molar-refractivity contribution in [1.29, 1.82) is 0 Å². The fourth-order valence-electron chi connectivity index (χ4n) is 2.58. The van der Waals surface area contributed by atoms with Crippen molar-refractivity contribution >= 4 is 39.1 Å². The van der Waals surface area contributed by atoms with Crippen LogP contribution in [0.15, 0.2) is 53.0 Å². The van der Waals surface area contributed by atoms with E-state index in [9.17, 15) is 14.7 Å². The number of benzene rings is 2. The SMILES string of the molecule is O=C(Nc1ccc(O)cc1)[C@H]1CC(=O)N(c2ccccc2Br)C1. The van der Waals surface area contributed by atoms with Crippen molar-refractivity contribution in [1.82, 2.24) is 0 Å². The molecule has 118 valence electrons. The van der Waals surface area contributed by atoms with Gasteiger partial charge in [-0.3, -0.25) is 9.59 Å². The molecule has 23 heavy (non-hydrogen) atoms. The van der Waals surface area contributed by atoms with Crippen molar-refractivity contribution in [3.05, 3.63) is 53.0 Å². The van der Waals surface area contributed by atoms with Crippen LogP contribution in [-0.4, -0.2) is 23.5 Å². The third-order valence-corrected chi connectivity index (χ3v) is 4.44. The van der Waals surface area contributed by atoms with Gasteiger partial charge in [0.2, 0.25) is 11.8 Å². The summed E-state index contributed by atoms with van der Waals surface area (Å²) in [4.78, 5) is 26.2. The summed E-state index contributed by atoms with van der Waals surface area (Å²) in [5.41, 5.74) is 1.37. The van der Waals surface area contributed by atoms with E-state index in [0.717, 1.165) is 10.2 Å². The molecule has 1 fully saturated rings. The molecule has 1 saturated heterocycles. The fraction of sp³-hybridized carbons (Fsp3) is 0.176. The van der Waals surface area contributed by atoms with E-state index >= 15 is 0 Å². The Hall–Kier alpha value is -2.34. The zero-order valence-electron chi connectivity index (χ0n) is 12.2. The molecule has 2 N–H and O–H groups in total. The average molecular weight is 375 g/mol. The molecular weight excluding hydrogens is 360 g/mol. The average Bonchev–Trinajstić information content (AvgIpc) is 2.92. The van der Waals surface area contributed by atoms with E-state index in [-0.39, 0.29) is 24.0 Å². The third-order valence-electron chi connectivity index (χ3n) is 3.77. The van der Waals surface area contributed by atoms with Gasteiger partial charge in [-0.15, -0.1) is 0 Å². The van der Waals surface area contributed by atoms with Gasteiger partial charge >= 0.3 is 0 Å². The number of carbonyl (C=O) groups is 2. The number of amides is 2. The minimum atomic E-state index is -0.400. The number of carbonyl (C=O) groups excluding carboxylic acids is 2. The first-order valence-corrected chi connectivity index (χ1v) is 7.98. The van der Waals surface area contributed by atoms with E-state index in [1.165, 1.54) is 12.1 Å². The van der Waals surface area contributed by atoms with Crippen molar-refractivity contribution in [2.75, 3.05) is 16.8 Å². The molecule has 0 aromatic heterocycles. The van der Waals surface area contributed by atoms with Crippen molar-refractivity contribution in [3.63, 3.8) is 0 Å². The first kappa shape index (κ1) is 15.6. The number of phenols is 1. The number of para-hydroxylation sites is 1. The molecule has 5 nitrogen and oxygen atoms in total. The molecule has 1 aliphatic rings. The predicted octanol–water partition coefficient (Wildman–Crippen LogP) is 3.15. The molecule has 0 bridgehead atoms. The van der Waals surface area contributed by atoms with Crippen LogP contribution < -0.4 is 10.2 Å². The highest BCUT2D eigenvalue weighted by Crippen LogP contribution is 2.31. The lowest BCUT2D eigenvalue weighted by Gasteiger charge is -2.18. The number of nitrogens with one attached hydrogen (secondary N) is 1. The van der Waals surface area contributed by atoms with Gasteiger partial charge in [-0.05, 0) is 52.3 Å². The van der Waals surface area contributed by atoms with Crippen LogP contribution >= 0.6 is 15.9 Å². The Kier molecular flexibility index (Phi) is 4.34. The lowest BCUT2D eigenvalue weighted by molar-refractivity contribution is -0.122. The molecular formula is C17H15BrN2O3. The maximum absolute atomic E-state index is 12.3. The van der Waals surface area contributed by atoms with Crippen LogP contribution in [0.5, 0.6) is 5.75 Å². The predicted molar refractivity (Wildman–Crippen MR) is 91.3 cm³/mol. The molecule has 2 aromatic rings. The van der Waals surface area contributed by atoms with Crippen LogP contribution in [0.25, 0.3) is 0 Å². The third kappa shape index (κ3) is 3.37. The number of anilines is 2. The lowest BCUT2D eigenvalue weighted by Crippen LogP contribution is -2.28. The maximum atomic E-state index is 12.3. The van der Waals surface area contributed by atoms with Crippen molar-refractivity contribution in [2.24, 2.45) is 5.92 Å². The minimum absolute atomic E-state index is 0.0669. The van der Waals surface area contributed by atoms with Crippen LogP contribution in [0.2, 0.25) is 0 Å². The van der Waals surface area contributed by atoms with Crippen LogP contribution in [-0.2, 0) is 9.59 Å². The van der Waals surface area contributed by atoms with E-state index < -0.39 is 5.92 Å². The van der Waals surface area contributed by atoms with Gasteiger partial charge in [0.25, 0.3) is 0 Å². The molecule has 3 rings (SSSR count). The van der Waals surface area contributed by atoms with E-state index in [2.05, 4.69) is 21.2 Å². The molecule has 0 radical (unpaired) electrons. The van der Waals surface area contributed by atoms with E-state index in [1.54, 1.807) is 17.0 Å². The second-order valence-electron chi connectivity index (χ2n) is 5.39. The van der Waals surface area contributed by atoms with Crippen molar-refractivity contribution < 1.29 is 14.7 Å². The number of phenolic OH excluding ortho intramolecular Hbond substituents is 1. The summed E-state index contributed by atoms with van der Waals surface area (Å²) in [6, 6.07) is 13.7. The monoisotopic (exact) mass is 374 g/mol. The molecule has 0 saturated carbocycles. The van der Waals surface area contributed by atoms with Gasteiger partial charge < -0.3 is 15.3 Å². The Morgan fingerprint density at radius 2 is 1.87 bits per heavy atom. The zero-order chi connectivity index (χ0) is 16.4. The van der Waals surface area contributed by atoms with E-state index in [0.29, 0.717) is 12.2 Å². The maximum Gasteiger partial charge on any atom is 0.229 e. The Morgan fingerprint density at radius 3 is 2.57 bits per heavy atom. The Labute approximate surface area is 142 Å². The van der Waals surface area contributed by atoms with Gasteiger partial charge in [0, 0.05) is 23.1 Å². The largest absolute Gasteiger partial charge is 0.508 e. The van der Waals surface area contributed by atoms with E-state index in [4.69, 9.17) is 0 Å². The van der Waals surface area contributed by atoms with Gasteiger partial charge in [0.05, 0.1) is 11.6 Å². The smallest absolute Gasteiger partial charge is 0.229 e. The lowest BCUT2D eigenvalue weighted by atomic mass is 10.1. The molecule has 1 aliphatic heterocycles. The molecule has 0 spiro atoms. The highest BCUT2D eigenvalue weighted by molar-refractivity contribution is 9.10. The Balaban J connectivity index is 1.71. The molecule has 6 heteroatoms. The van der Waals surface area contributed by atoms with Gasteiger partial charge in [0.1, 0.15) is 5.75 Å². The fourth-order valence-corrected chi connectivity index (χ4v) is 3.07. The summed E-state index contributed by atoms with van der Waals surface area (Å²) in [6.45, 7) is 0.353. The highest BCUT2D eigenvalue weighted by atomic mass is 79.9. The first-order valence-electron chi connectivity index (χ1n) is 7.19. The topological polar surface area (TPSA) is 69.6 Å². The first-order chi connectivity index (χ1) is 11.0. The Bertz CT molecular complexity index is 746. The Morgan fingerprint density at radius 1 is 1.17 bits per heavy atom. The summed E-state index contributed by atoms with van der Waals surface area (Å²) < 4.78 is 0.827. The van der Waals surface area contributed by atoms with Gasteiger partial charge in [0.15, 0.2) is 0 Å². The number of hydrogen-bond acceptors (Lipinski definition) is 3. The summed E-state index contributed by atoms with van der Waals surface area (Å²) in [5, 5.41) is 12.0. The molecule has 2 aromatic carbocycles. The number of rotatable bonds is 3. The van der Waals surface area contributed by atoms with Crippen molar-refractivity contribution in [2.45, 2.75) is 6.42 Å². The number of hydrogen-bond donors (Lipinski definition) is 2. The number of halogens is 1.